The Morgan fingerprint density at radius 3 is 2.81 bits per heavy atom. The number of hydrogen-bond acceptors (Lipinski definition) is 4. The summed E-state index contributed by atoms with van der Waals surface area (Å²) in [4.78, 5) is 0. The van der Waals surface area contributed by atoms with E-state index in [1.54, 1.807) is 0 Å². The van der Waals surface area contributed by atoms with Gasteiger partial charge in [0.1, 0.15) is 0 Å². The quantitative estimate of drug-likeness (QED) is 0.701. The molecule has 6 heteroatoms. The lowest BCUT2D eigenvalue weighted by Crippen LogP contribution is -2.46. The lowest BCUT2D eigenvalue weighted by Gasteiger charge is -2.23. The van der Waals surface area contributed by atoms with E-state index in [2.05, 4.69) is 10.0 Å². The van der Waals surface area contributed by atoms with Gasteiger partial charge in [-0.2, -0.15) is 0 Å². The number of sulfonamides is 1. The number of nitrogens with one attached hydrogen (secondary N) is 2. The van der Waals surface area contributed by atoms with Crippen molar-refractivity contribution in [2.75, 3.05) is 25.4 Å². The monoisotopic (exact) mass is 250 g/mol. The zero-order valence-electron chi connectivity index (χ0n) is 10.0. The first-order valence-corrected chi connectivity index (χ1v) is 7.47. The van der Waals surface area contributed by atoms with Crippen molar-refractivity contribution in [2.24, 2.45) is 0 Å². The molecule has 0 radical (unpaired) electrons. The van der Waals surface area contributed by atoms with Crippen LogP contribution in [-0.2, 0) is 14.8 Å². The molecule has 1 aliphatic heterocycles. The number of ether oxygens (including phenoxy) is 1. The zero-order chi connectivity index (χ0) is 12.0. The molecule has 0 saturated carbocycles. The maximum atomic E-state index is 11.7. The molecule has 1 saturated heterocycles. The topological polar surface area (TPSA) is 67.4 Å². The summed E-state index contributed by atoms with van der Waals surface area (Å²) in [5.74, 6) is 0.0433. The van der Waals surface area contributed by atoms with Gasteiger partial charge in [0.05, 0.1) is 18.5 Å². The van der Waals surface area contributed by atoms with Gasteiger partial charge in [-0.1, -0.05) is 0 Å². The molecule has 96 valence electrons. The van der Waals surface area contributed by atoms with Crippen LogP contribution in [0.5, 0.6) is 0 Å². The second-order valence-electron chi connectivity index (χ2n) is 4.40. The van der Waals surface area contributed by atoms with Crippen molar-refractivity contribution >= 4 is 10.0 Å². The van der Waals surface area contributed by atoms with Crippen molar-refractivity contribution in [2.45, 2.75) is 38.8 Å². The van der Waals surface area contributed by atoms with Crippen LogP contribution in [-0.4, -0.2) is 46.0 Å². The van der Waals surface area contributed by atoms with Gasteiger partial charge in [-0.25, -0.2) is 13.1 Å². The highest BCUT2D eigenvalue weighted by molar-refractivity contribution is 7.89. The molecule has 0 bridgehead atoms. The molecule has 16 heavy (non-hydrogen) atoms. The molecule has 1 unspecified atom stereocenters. The maximum Gasteiger partial charge on any atom is 0.214 e. The van der Waals surface area contributed by atoms with E-state index >= 15 is 0 Å². The van der Waals surface area contributed by atoms with Gasteiger partial charge in [0.25, 0.3) is 0 Å². The van der Waals surface area contributed by atoms with Gasteiger partial charge in [-0.3, -0.25) is 0 Å². The van der Waals surface area contributed by atoms with Gasteiger partial charge in [0.15, 0.2) is 0 Å². The van der Waals surface area contributed by atoms with Gasteiger partial charge >= 0.3 is 0 Å². The summed E-state index contributed by atoms with van der Waals surface area (Å²) in [6.07, 6.45) is 2.01. The molecule has 1 atom stereocenters. The Bertz CT molecular complexity index is 284. The molecular weight excluding hydrogens is 228 g/mol. The summed E-state index contributed by atoms with van der Waals surface area (Å²) < 4.78 is 31.3. The van der Waals surface area contributed by atoms with Gasteiger partial charge in [-0.05, 0) is 33.2 Å². The Labute approximate surface area is 98.0 Å². The average molecular weight is 250 g/mol. The molecule has 0 aromatic rings. The van der Waals surface area contributed by atoms with Gasteiger partial charge in [0.2, 0.25) is 10.0 Å². The van der Waals surface area contributed by atoms with Crippen LogP contribution >= 0.6 is 0 Å². The largest absolute Gasteiger partial charge is 0.378 e. The van der Waals surface area contributed by atoms with Crippen molar-refractivity contribution in [3.05, 3.63) is 0 Å². The third-order valence-corrected chi connectivity index (χ3v) is 3.84. The minimum atomic E-state index is -3.19. The van der Waals surface area contributed by atoms with Crippen LogP contribution in [0.15, 0.2) is 0 Å². The van der Waals surface area contributed by atoms with E-state index in [9.17, 15) is 8.42 Å². The van der Waals surface area contributed by atoms with E-state index in [0.717, 1.165) is 25.9 Å². The number of piperidine rings is 1. The molecule has 0 aromatic carbocycles. The number of hydrogen-bond donors (Lipinski definition) is 2. The summed E-state index contributed by atoms with van der Waals surface area (Å²) in [7, 11) is -3.19. The molecule has 0 aromatic heterocycles. The second-order valence-corrected chi connectivity index (χ2v) is 6.27. The second kappa shape index (κ2) is 6.54. The fourth-order valence-electron chi connectivity index (χ4n) is 1.66. The highest BCUT2D eigenvalue weighted by Crippen LogP contribution is 2.03. The van der Waals surface area contributed by atoms with E-state index in [1.165, 1.54) is 0 Å². The predicted molar refractivity (Wildman–Crippen MR) is 63.9 cm³/mol. The third-order valence-electron chi connectivity index (χ3n) is 2.45. The highest BCUT2D eigenvalue weighted by Gasteiger charge is 2.19. The first-order valence-electron chi connectivity index (χ1n) is 5.82. The van der Waals surface area contributed by atoms with E-state index in [1.807, 2.05) is 13.8 Å². The summed E-state index contributed by atoms with van der Waals surface area (Å²) in [5.41, 5.74) is 0. The first kappa shape index (κ1) is 13.9. The minimum absolute atomic E-state index is 0.0396. The van der Waals surface area contributed by atoms with Crippen LogP contribution in [0.25, 0.3) is 0 Å². The summed E-state index contributed by atoms with van der Waals surface area (Å²) >= 11 is 0. The summed E-state index contributed by atoms with van der Waals surface area (Å²) in [5, 5.41) is 3.17. The van der Waals surface area contributed by atoms with Crippen molar-refractivity contribution in [3.8, 4) is 0 Å². The van der Waals surface area contributed by atoms with E-state index in [0.29, 0.717) is 0 Å². The third kappa shape index (κ3) is 5.79. The SMILES string of the molecule is CC(C)OCCS(=O)(=O)NC1CCCNC1. The van der Waals surface area contributed by atoms with E-state index < -0.39 is 10.0 Å². The molecule has 2 N–H and O–H groups in total. The Balaban J connectivity index is 2.27. The number of rotatable bonds is 6. The predicted octanol–water partition coefficient (Wildman–Crippen LogP) is 0.0828. The summed E-state index contributed by atoms with van der Waals surface area (Å²) in [6.45, 7) is 5.75. The van der Waals surface area contributed by atoms with E-state index in [-0.39, 0.29) is 24.5 Å². The molecule has 0 amide bonds. The van der Waals surface area contributed by atoms with Crippen molar-refractivity contribution < 1.29 is 13.2 Å². The van der Waals surface area contributed by atoms with Crippen LogP contribution in [0.1, 0.15) is 26.7 Å². The van der Waals surface area contributed by atoms with E-state index in [4.69, 9.17) is 4.74 Å². The van der Waals surface area contributed by atoms with Crippen LogP contribution in [0, 0.1) is 0 Å². The molecule has 1 fully saturated rings. The Morgan fingerprint density at radius 2 is 2.25 bits per heavy atom. The molecular formula is C10H22N2O3S. The van der Waals surface area contributed by atoms with Crippen molar-refractivity contribution in [1.29, 1.82) is 0 Å². The fourth-order valence-corrected chi connectivity index (χ4v) is 2.80. The first-order chi connectivity index (χ1) is 7.49. The van der Waals surface area contributed by atoms with Gasteiger partial charge in [0, 0.05) is 12.6 Å². The Morgan fingerprint density at radius 1 is 1.50 bits per heavy atom. The lowest BCUT2D eigenvalue weighted by atomic mass is 10.1. The fraction of sp³-hybridized carbons (Fsp3) is 1.00. The van der Waals surface area contributed by atoms with Crippen molar-refractivity contribution in [3.63, 3.8) is 0 Å². The Hall–Kier alpha value is -0.170. The smallest absolute Gasteiger partial charge is 0.214 e. The molecule has 1 aliphatic rings. The minimum Gasteiger partial charge on any atom is -0.378 e. The maximum absolute atomic E-state index is 11.7. The van der Waals surface area contributed by atoms with Crippen LogP contribution in [0.4, 0.5) is 0 Å². The van der Waals surface area contributed by atoms with Crippen LogP contribution < -0.4 is 10.0 Å². The normalized spacial score (nSPS) is 22.6. The highest BCUT2D eigenvalue weighted by atomic mass is 32.2. The molecule has 1 heterocycles. The lowest BCUT2D eigenvalue weighted by molar-refractivity contribution is 0.0911. The molecule has 0 aliphatic carbocycles. The van der Waals surface area contributed by atoms with Gasteiger partial charge < -0.3 is 10.1 Å². The average Bonchev–Trinajstić information content (AvgIpc) is 2.17. The molecule has 0 spiro atoms. The summed E-state index contributed by atoms with van der Waals surface area (Å²) in [6, 6.07) is 0.0396. The van der Waals surface area contributed by atoms with Crippen molar-refractivity contribution in [1.82, 2.24) is 10.0 Å². The Kier molecular flexibility index (Phi) is 5.68. The van der Waals surface area contributed by atoms with Crippen LogP contribution in [0.3, 0.4) is 0 Å². The standard InChI is InChI=1S/C10H22N2O3S/c1-9(2)15-6-7-16(13,14)12-10-4-3-5-11-8-10/h9-12H,3-8H2,1-2H3. The zero-order valence-corrected chi connectivity index (χ0v) is 10.8. The van der Waals surface area contributed by atoms with Crippen LogP contribution in [0.2, 0.25) is 0 Å². The van der Waals surface area contributed by atoms with Gasteiger partial charge in [-0.15, -0.1) is 0 Å². The molecule has 5 nitrogen and oxygen atoms in total. The molecule has 1 rings (SSSR count).